The van der Waals surface area contributed by atoms with Crippen LogP contribution in [0.4, 0.5) is 0 Å². The molecule has 12 heavy (non-hydrogen) atoms. The maximum Gasteiger partial charge on any atom is -0.0161 e. The van der Waals surface area contributed by atoms with Gasteiger partial charge in [-0.25, -0.2) is 0 Å². The Morgan fingerprint density at radius 1 is 1.33 bits per heavy atom. The van der Waals surface area contributed by atoms with Gasteiger partial charge in [-0.1, -0.05) is 43.0 Å². The average molecular weight is 158 g/mol. The molecule has 0 saturated heterocycles. The minimum atomic E-state index is 1.08. The lowest BCUT2D eigenvalue weighted by molar-refractivity contribution is 1.43. The van der Waals surface area contributed by atoms with Crippen molar-refractivity contribution in [3.8, 4) is 0 Å². The number of aryl methyl sites for hydroxylation is 1. The molecule has 0 aliphatic carbocycles. The van der Waals surface area contributed by atoms with Gasteiger partial charge in [-0.15, -0.1) is 0 Å². The van der Waals surface area contributed by atoms with E-state index in [1.807, 2.05) is 31.2 Å². The Labute approximate surface area is 74.2 Å². The van der Waals surface area contributed by atoms with Crippen LogP contribution in [-0.4, -0.2) is 0 Å². The van der Waals surface area contributed by atoms with Gasteiger partial charge in [0.15, 0.2) is 0 Å². The van der Waals surface area contributed by atoms with E-state index in [-0.39, 0.29) is 0 Å². The SMILES string of the molecule is C=C(C=CC)c1ccccc1C. The molecule has 0 unspecified atom stereocenters. The van der Waals surface area contributed by atoms with Gasteiger partial charge in [-0.05, 0) is 30.5 Å². The van der Waals surface area contributed by atoms with Gasteiger partial charge in [0.1, 0.15) is 0 Å². The van der Waals surface area contributed by atoms with Crippen LogP contribution in [0.2, 0.25) is 0 Å². The number of allylic oxidation sites excluding steroid dienone is 3. The van der Waals surface area contributed by atoms with Crippen molar-refractivity contribution in [2.24, 2.45) is 0 Å². The molecule has 0 radical (unpaired) electrons. The van der Waals surface area contributed by atoms with E-state index in [0.717, 1.165) is 5.57 Å². The highest BCUT2D eigenvalue weighted by molar-refractivity contribution is 5.73. The van der Waals surface area contributed by atoms with E-state index < -0.39 is 0 Å². The van der Waals surface area contributed by atoms with E-state index in [2.05, 4.69) is 25.6 Å². The normalized spacial score (nSPS) is 10.5. The van der Waals surface area contributed by atoms with Gasteiger partial charge in [-0.3, -0.25) is 0 Å². The smallest absolute Gasteiger partial charge is 0.0161 e. The Kier molecular flexibility index (Phi) is 2.87. The first kappa shape index (κ1) is 8.79. The molecule has 0 bridgehead atoms. The number of hydrogen-bond acceptors (Lipinski definition) is 0. The van der Waals surface area contributed by atoms with E-state index in [1.54, 1.807) is 0 Å². The van der Waals surface area contributed by atoms with Crippen molar-refractivity contribution in [1.29, 1.82) is 0 Å². The highest BCUT2D eigenvalue weighted by atomic mass is 14.0. The van der Waals surface area contributed by atoms with Gasteiger partial charge < -0.3 is 0 Å². The summed E-state index contributed by atoms with van der Waals surface area (Å²) in [7, 11) is 0. The number of benzene rings is 1. The maximum absolute atomic E-state index is 3.99. The zero-order chi connectivity index (χ0) is 8.97. The van der Waals surface area contributed by atoms with Crippen molar-refractivity contribution in [3.63, 3.8) is 0 Å². The van der Waals surface area contributed by atoms with Gasteiger partial charge in [0.05, 0.1) is 0 Å². The average Bonchev–Trinajstić information content (AvgIpc) is 2.05. The molecule has 0 aromatic heterocycles. The quantitative estimate of drug-likeness (QED) is 0.577. The highest BCUT2D eigenvalue weighted by Crippen LogP contribution is 2.17. The first-order chi connectivity index (χ1) is 5.75. The van der Waals surface area contributed by atoms with Crippen molar-refractivity contribution < 1.29 is 0 Å². The van der Waals surface area contributed by atoms with Crippen LogP contribution < -0.4 is 0 Å². The zero-order valence-corrected chi connectivity index (χ0v) is 7.67. The molecule has 0 amide bonds. The zero-order valence-electron chi connectivity index (χ0n) is 7.67. The van der Waals surface area contributed by atoms with Crippen molar-refractivity contribution in [3.05, 3.63) is 54.1 Å². The second-order valence-corrected chi connectivity index (χ2v) is 2.84. The first-order valence-electron chi connectivity index (χ1n) is 4.13. The summed E-state index contributed by atoms with van der Waals surface area (Å²) in [6.45, 7) is 8.09. The lowest BCUT2D eigenvalue weighted by atomic mass is 10.0. The largest absolute Gasteiger partial charge is 0.0912 e. The summed E-state index contributed by atoms with van der Waals surface area (Å²) in [4.78, 5) is 0. The fourth-order valence-electron chi connectivity index (χ4n) is 1.22. The van der Waals surface area contributed by atoms with E-state index >= 15 is 0 Å². The van der Waals surface area contributed by atoms with Gasteiger partial charge in [0.25, 0.3) is 0 Å². The van der Waals surface area contributed by atoms with E-state index in [4.69, 9.17) is 0 Å². The first-order valence-corrected chi connectivity index (χ1v) is 4.13. The predicted octanol–water partition coefficient (Wildman–Crippen LogP) is 3.58. The van der Waals surface area contributed by atoms with Crippen LogP contribution in [0.25, 0.3) is 5.57 Å². The third kappa shape index (κ3) is 1.85. The number of hydrogen-bond donors (Lipinski definition) is 0. The van der Waals surface area contributed by atoms with Gasteiger partial charge >= 0.3 is 0 Å². The fourth-order valence-corrected chi connectivity index (χ4v) is 1.22. The molecule has 0 saturated carbocycles. The van der Waals surface area contributed by atoms with Crippen LogP contribution in [0, 0.1) is 6.92 Å². The summed E-state index contributed by atoms with van der Waals surface area (Å²) in [6, 6.07) is 8.28. The lowest BCUT2D eigenvalue weighted by Crippen LogP contribution is -1.83. The summed E-state index contributed by atoms with van der Waals surface area (Å²) >= 11 is 0. The van der Waals surface area contributed by atoms with Crippen molar-refractivity contribution in [2.45, 2.75) is 13.8 Å². The monoisotopic (exact) mass is 158 g/mol. The van der Waals surface area contributed by atoms with E-state index in [1.165, 1.54) is 11.1 Å². The molecule has 62 valence electrons. The molecule has 0 atom stereocenters. The minimum absolute atomic E-state index is 1.08. The van der Waals surface area contributed by atoms with Crippen LogP contribution in [0.1, 0.15) is 18.1 Å². The summed E-state index contributed by atoms with van der Waals surface area (Å²) in [6.07, 6.45) is 4.04. The molecule has 0 aliphatic heterocycles. The molecule has 0 spiro atoms. The summed E-state index contributed by atoms with van der Waals surface area (Å²) in [5.74, 6) is 0. The minimum Gasteiger partial charge on any atom is -0.0912 e. The van der Waals surface area contributed by atoms with Gasteiger partial charge in [0.2, 0.25) is 0 Å². The molecule has 0 heteroatoms. The van der Waals surface area contributed by atoms with Crippen molar-refractivity contribution in [1.82, 2.24) is 0 Å². The van der Waals surface area contributed by atoms with Gasteiger partial charge in [0, 0.05) is 0 Å². The highest BCUT2D eigenvalue weighted by Gasteiger charge is 1.96. The number of rotatable bonds is 2. The molecule has 1 aromatic carbocycles. The third-order valence-electron chi connectivity index (χ3n) is 1.86. The molecule has 0 N–H and O–H groups in total. The molecule has 1 aromatic rings. The topological polar surface area (TPSA) is 0 Å². The summed E-state index contributed by atoms with van der Waals surface area (Å²) < 4.78 is 0. The fraction of sp³-hybridized carbons (Fsp3) is 0.167. The molecule has 0 fully saturated rings. The van der Waals surface area contributed by atoms with Crippen LogP contribution >= 0.6 is 0 Å². The molecular weight excluding hydrogens is 144 g/mol. The second-order valence-electron chi connectivity index (χ2n) is 2.84. The van der Waals surface area contributed by atoms with Crippen LogP contribution in [0.5, 0.6) is 0 Å². The van der Waals surface area contributed by atoms with Crippen LogP contribution in [-0.2, 0) is 0 Å². The summed E-state index contributed by atoms with van der Waals surface area (Å²) in [5.41, 5.74) is 3.59. The molecule has 0 heterocycles. The third-order valence-corrected chi connectivity index (χ3v) is 1.86. The molecular formula is C12H14. The Morgan fingerprint density at radius 2 is 2.00 bits per heavy atom. The Balaban J connectivity index is 3.03. The van der Waals surface area contributed by atoms with E-state index in [9.17, 15) is 0 Å². The van der Waals surface area contributed by atoms with E-state index in [0.29, 0.717) is 0 Å². The molecule has 1 rings (SSSR count). The molecule has 0 nitrogen and oxygen atoms in total. The van der Waals surface area contributed by atoms with Crippen molar-refractivity contribution in [2.75, 3.05) is 0 Å². The maximum atomic E-state index is 3.99. The van der Waals surface area contributed by atoms with Gasteiger partial charge in [-0.2, -0.15) is 0 Å². The Hall–Kier alpha value is -1.30. The van der Waals surface area contributed by atoms with Crippen LogP contribution in [0.3, 0.4) is 0 Å². The van der Waals surface area contributed by atoms with Crippen molar-refractivity contribution >= 4 is 5.57 Å². The Bertz CT molecular complexity index is 306. The van der Waals surface area contributed by atoms with Crippen LogP contribution in [0.15, 0.2) is 43.0 Å². The Morgan fingerprint density at radius 3 is 2.58 bits per heavy atom. The molecule has 0 aliphatic rings. The predicted molar refractivity (Wildman–Crippen MR) is 55.0 cm³/mol. The lowest BCUT2D eigenvalue weighted by Gasteiger charge is -2.03. The standard InChI is InChI=1S/C12H14/c1-4-7-10(2)12-9-6-5-8-11(12)3/h4-9H,2H2,1,3H3. The second kappa shape index (κ2) is 3.91. The summed E-state index contributed by atoms with van der Waals surface area (Å²) in [5, 5.41) is 0.